The molecule has 0 aromatic carbocycles. The lowest BCUT2D eigenvalue weighted by Gasteiger charge is -2.19. The summed E-state index contributed by atoms with van der Waals surface area (Å²) < 4.78 is 0. The van der Waals surface area contributed by atoms with Gasteiger partial charge in [0.25, 0.3) is 0 Å². The van der Waals surface area contributed by atoms with Crippen LogP contribution in [0.2, 0.25) is 0 Å². The van der Waals surface area contributed by atoms with Gasteiger partial charge in [-0.1, -0.05) is 32.6 Å². The molecule has 1 atom stereocenters. The number of nitrogens with one attached hydrogen (secondary N) is 1. The Labute approximate surface area is 93.6 Å². The molecule has 0 spiro atoms. The lowest BCUT2D eigenvalue weighted by Crippen LogP contribution is -2.32. The molecule has 0 aromatic heterocycles. The van der Waals surface area contributed by atoms with Crippen LogP contribution in [0.4, 0.5) is 0 Å². The van der Waals surface area contributed by atoms with Crippen molar-refractivity contribution in [2.75, 3.05) is 12.4 Å². The predicted octanol–water partition coefficient (Wildman–Crippen LogP) is 3.56. The van der Waals surface area contributed by atoms with Crippen LogP contribution in [0.25, 0.3) is 0 Å². The molecule has 2 heteroatoms. The molecule has 0 bridgehead atoms. The summed E-state index contributed by atoms with van der Waals surface area (Å²) in [6, 6.07) is 0.787. The van der Waals surface area contributed by atoms with Crippen molar-refractivity contribution < 1.29 is 0 Å². The first kappa shape index (κ1) is 12.3. The second-order valence-corrected chi connectivity index (χ2v) is 5.06. The van der Waals surface area contributed by atoms with Crippen molar-refractivity contribution in [3.05, 3.63) is 0 Å². The Morgan fingerprint density at radius 1 is 1.21 bits per heavy atom. The molecule has 14 heavy (non-hydrogen) atoms. The fourth-order valence-corrected chi connectivity index (χ4v) is 2.51. The van der Waals surface area contributed by atoms with Gasteiger partial charge in [0.2, 0.25) is 0 Å². The van der Waals surface area contributed by atoms with E-state index in [1.165, 1.54) is 38.5 Å². The highest BCUT2D eigenvalue weighted by atomic mass is 35.5. The molecule has 1 fully saturated rings. The van der Waals surface area contributed by atoms with Gasteiger partial charge in [-0.25, -0.2) is 0 Å². The summed E-state index contributed by atoms with van der Waals surface area (Å²) in [5.74, 6) is 1.53. The van der Waals surface area contributed by atoms with Gasteiger partial charge in [-0.3, -0.25) is 0 Å². The zero-order chi connectivity index (χ0) is 10.2. The summed E-state index contributed by atoms with van der Waals surface area (Å²) in [6.07, 6.45) is 9.62. The third kappa shape index (κ3) is 5.21. The van der Waals surface area contributed by atoms with Crippen LogP contribution in [-0.4, -0.2) is 18.5 Å². The maximum atomic E-state index is 5.72. The molecule has 0 amide bonds. The van der Waals surface area contributed by atoms with E-state index in [2.05, 4.69) is 12.2 Å². The van der Waals surface area contributed by atoms with Gasteiger partial charge < -0.3 is 5.32 Å². The van der Waals surface area contributed by atoms with Crippen molar-refractivity contribution in [2.24, 2.45) is 5.92 Å². The fraction of sp³-hybridized carbons (Fsp3) is 1.00. The largest absolute Gasteiger partial charge is 0.314 e. The van der Waals surface area contributed by atoms with Gasteiger partial charge in [0.1, 0.15) is 0 Å². The fourth-order valence-electron chi connectivity index (χ4n) is 2.14. The van der Waals surface area contributed by atoms with Crippen molar-refractivity contribution in [1.82, 2.24) is 5.32 Å². The third-order valence-corrected chi connectivity index (χ3v) is 3.43. The Morgan fingerprint density at radius 3 is 2.43 bits per heavy atom. The molecule has 1 unspecified atom stereocenters. The van der Waals surface area contributed by atoms with Gasteiger partial charge in [0, 0.05) is 11.9 Å². The Morgan fingerprint density at radius 2 is 1.86 bits per heavy atom. The third-order valence-electron chi connectivity index (χ3n) is 3.21. The molecular formula is C12H24ClN. The van der Waals surface area contributed by atoms with Gasteiger partial charge in [0.05, 0.1) is 0 Å². The first-order chi connectivity index (χ1) is 6.83. The zero-order valence-electron chi connectivity index (χ0n) is 9.40. The SMILES string of the molecule is CC(CCCl)CNC1CCCCCC1. The molecule has 1 rings (SSSR count). The van der Waals surface area contributed by atoms with E-state index in [0.29, 0.717) is 0 Å². The van der Waals surface area contributed by atoms with Crippen LogP contribution in [-0.2, 0) is 0 Å². The average molecular weight is 218 g/mol. The van der Waals surface area contributed by atoms with E-state index in [0.717, 1.165) is 30.8 Å². The maximum absolute atomic E-state index is 5.72. The number of hydrogen-bond acceptors (Lipinski definition) is 1. The quantitative estimate of drug-likeness (QED) is 0.549. The topological polar surface area (TPSA) is 12.0 Å². The van der Waals surface area contributed by atoms with E-state index in [9.17, 15) is 0 Å². The van der Waals surface area contributed by atoms with Crippen LogP contribution in [0.15, 0.2) is 0 Å². The summed E-state index contributed by atoms with van der Waals surface area (Å²) >= 11 is 5.72. The number of hydrogen-bond donors (Lipinski definition) is 1. The van der Waals surface area contributed by atoms with Crippen molar-refractivity contribution >= 4 is 11.6 Å². The minimum Gasteiger partial charge on any atom is -0.314 e. The second kappa shape index (κ2) is 7.53. The Hall–Kier alpha value is 0.250. The van der Waals surface area contributed by atoms with Crippen LogP contribution >= 0.6 is 11.6 Å². The van der Waals surface area contributed by atoms with Gasteiger partial charge in [-0.2, -0.15) is 0 Å². The molecule has 0 saturated heterocycles. The molecule has 0 heterocycles. The van der Waals surface area contributed by atoms with E-state index >= 15 is 0 Å². The molecular weight excluding hydrogens is 194 g/mol. The zero-order valence-corrected chi connectivity index (χ0v) is 10.2. The minimum absolute atomic E-state index is 0.732. The van der Waals surface area contributed by atoms with Crippen molar-refractivity contribution in [1.29, 1.82) is 0 Å². The molecule has 1 saturated carbocycles. The molecule has 84 valence electrons. The van der Waals surface area contributed by atoms with Crippen LogP contribution in [0.5, 0.6) is 0 Å². The van der Waals surface area contributed by atoms with Gasteiger partial charge >= 0.3 is 0 Å². The second-order valence-electron chi connectivity index (χ2n) is 4.68. The number of halogens is 1. The number of rotatable bonds is 5. The molecule has 0 radical (unpaired) electrons. The Balaban J connectivity index is 2.09. The normalized spacial score (nSPS) is 21.9. The smallest absolute Gasteiger partial charge is 0.0226 e. The standard InChI is InChI=1S/C12H24ClN/c1-11(8-9-13)10-14-12-6-4-2-3-5-7-12/h11-12,14H,2-10H2,1H3. The van der Waals surface area contributed by atoms with Crippen molar-refractivity contribution in [3.8, 4) is 0 Å². The first-order valence-corrected chi connectivity index (χ1v) is 6.65. The summed E-state index contributed by atoms with van der Waals surface area (Å²) in [4.78, 5) is 0. The highest BCUT2D eigenvalue weighted by molar-refractivity contribution is 6.17. The molecule has 0 aromatic rings. The highest BCUT2D eigenvalue weighted by Gasteiger charge is 2.12. The van der Waals surface area contributed by atoms with Crippen LogP contribution < -0.4 is 5.32 Å². The van der Waals surface area contributed by atoms with Crippen molar-refractivity contribution in [2.45, 2.75) is 57.9 Å². The summed E-state index contributed by atoms with van der Waals surface area (Å²) in [6.45, 7) is 3.43. The van der Waals surface area contributed by atoms with Crippen molar-refractivity contribution in [3.63, 3.8) is 0 Å². The summed E-state index contributed by atoms with van der Waals surface area (Å²) in [7, 11) is 0. The van der Waals surface area contributed by atoms with E-state index in [-0.39, 0.29) is 0 Å². The lowest BCUT2D eigenvalue weighted by molar-refractivity contribution is 0.409. The highest BCUT2D eigenvalue weighted by Crippen LogP contribution is 2.17. The molecule has 1 N–H and O–H groups in total. The molecule has 1 aliphatic carbocycles. The van der Waals surface area contributed by atoms with Gasteiger partial charge in [-0.05, 0) is 31.7 Å². The number of alkyl halides is 1. The van der Waals surface area contributed by atoms with Crippen LogP contribution in [0.3, 0.4) is 0 Å². The average Bonchev–Trinajstić information content (AvgIpc) is 2.43. The molecule has 1 aliphatic rings. The monoisotopic (exact) mass is 217 g/mol. The first-order valence-electron chi connectivity index (χ1n) is 6.12. The Kier molecular flexibility index (Phi) is 6.63. The summed E-state index contributed by atoms with van der Waals surface area (Å²) in [5, 5.41) is 3.69. The summed E-state index contributed by atoms with van der Waals surface area (Å²) in [5.41, 5.74) is 0. The lowest BCUT2D eigenvalue weighted by atomic mass is 10.1. The molecule has 0 aliphatic heterocycles. The van der Waals surface area contributed by atoms with Gasteiger partial charge in [0.15, 0.2) is 0 Å². The predicted molar refractivity (Wildman–Crippen MR) is 64.0 cm³/mol. The van der Waals surface area contributed by atoms with E-state index < -0.39 is 0 Å². The minimum atomic E-state index is 0.732. The van der Waals surface area contributed by atoms with E-state index in [1.807, 2.05) is 0 Å². The maximum Gasteiger partial charge on any atom is 0.0226 e. The van der Waals surface area contributed by atoms with Gasteiger partial charge in [-0.15, -0.1) is 11.6 Å². The Bertz CT molecular complexity index is 130. The van der Waals surface area contributed by atoms with E-state index in [1.54, 1.807) is 0 Å². The van der Waals surface area contributed by atoms with E-state index in [4.69, 9.17) is 11.6 Å². The van der Waals surface area contributed by atoms with Crippen LogP contribution in [0, 0.1) is 5.92 Å². The molecule has 1 nitrogen and oxygen atoms in total. The van der Waals surface area contributed by atoms with Crippen LogP contribution in [0.1, 0.15) is 51.9 Å².